The lowest BCUT2D eigenvalue weighted by Crippen LogP contribution is -2.33. The normalized spacial score (nSPS) is 18.1. The summed E-state index contributed by atoms with van der Waals surface area (Å²) >= 11 is 0. The van der Waals surface area contributed by atoms with Crippen LogP contribution in [0, 0.1) is 0 Å². The van der Waals surface area contributed by atoms with Crippen molar-refractivity contribution in [3.05, 3.63) is 23.8 Å². The van der Waals surface area contributed by atoms with Gasteiger partial charge in [0, 0.05) is 36.4 Å². The summed E-state index contributed by atoms with van der Waals surface area (Å²) in [6.07, 6.45) is 0.904. The molecule has 1 aliphatic heterocycles. The summed E-state index contributed by atoms with van der Waals surface area (Å²) < 4.78 is 0. The Labute approximate surface area is 107 Å². The lowest BCUT2D eigenvalue weighted by atomic mass is 10.1. The Hall–Kier alpha value is -1.75. The Bertz CT molecular complexity index is 446. The molecule has 1 amide bonds. The molecular weight excluding hydrogens is 230 g/mol. The van der Waals surface area contributed by atoms with E-state index in [4.69, 9.17) is 5.73 Å². The van der Waals surface area contributed by atoms with Gasteiger partial charge in [-0.15, -0.1) is 0 Å². The summed E-state index contributed by atoms with van der Waals surface area (Å²) in [5.74, 6) is 0.204. The fraction of sp³-hybridized carbons (Fsp3) is 0.462. The van der Waals surface area contributed by atoms with Gasteiger partial charge in [0.1, 0.15) is 5.75 Å². The molecule has 1 heterocycles. The van der Waals surface area contributed by atoms with Crippen LogP contribution in [0.5, 0.6) is 5.75 Å². The molecule has 0 bridgehead atoms. The van der Waals surface area contributed by atoms with Crippen molar-refractivity contribution in [3.8, 4) is 5.75 Å². The lowest BCUT2D eigenvalue weighted by Gasteiger charge is -2.22. The van der Waals surface area contributed by atoms with Crippen molar-refractivity contribution >= 4 is 11.6 Å². The lowest BCUT2D eigenvalue weighted by molar-refractivity contribution is -0.119. The molecule has 1 aromatic rings. The molecule has 0 aromatic heterocycles. The van der Waals surface area contributed by atoms with Crippen LogP contribution in [0.3, 0.4) is 0 Å². The number of phenols is 1. The molecule has 5 nitrogen and oxygen atoms in total. The molecule has 1 fully saturated rings. The zero-order valence-corrected chi connectivity index (χ0v) is 10.5. The van der Waals surface area contributed by atoms with Gasteiger partial charge in [-0.3, -0.25) is 4.79 Å². The minimum atomic E-state index is -0.202. The van der Waals surface area contributed by atoms with Crippen LogP contribution in [-0.2, 0) is 4.79 Å². The van der Waals surface area contributed by atoms with E-state index in [-0.39, 0.29) is 17.7 Å². The number of hydrogen-bond acceptors (Lipinski definition) is 4. The minimum absolute atomic E-state index is 0.0169. The van der Waals surface area contributed by atoms with Gasteiger partial charge in [0.05, 0.1) is 6.54 Å². The summed E-state index contributed by atoms with van der Waals surface area (Å²) in [7, 11) is 0. The second-order valence-corrected chi connectivity index (χ2v) is 4.66. The molecule has 1 unspecified atom stereocenters. The first-order valence-electron chi connectivity index (χ1n) is 6.18. The second kappa shape index (κ2) is 5.27. The maximum Gasteiger partial charge on any atom is 0.239 e. The van der Waals surface area contributed by atoms with E-state index < -0.39 is 0 Å². The van der Waals surface area contributed by atoms with E-state index in [0.29, 0.717) is 13.1 Å². The van der Waals surface area contributed by atoms with Gasteiger partial charge < -0.3 is 21.1 Å². The maximum atomic E-state index is 11.5. The van der Waals surface area contributed by atoms with E-state index in [1.807, 2.05) is 24.0 Å². The summed E-state index contributed by atoms with van der Waals surface area (Å²) in [4.78, 5) is 13.5. The van der Waals surface area contributed by atoms with Crippen LogP contribution >= 0.6 is 0 Å². The zero-order chi connectivity index (χ0) is 13.1. The SMILES string of the molecule is CC(N)c1ccc(N2CCCNC(=O)C2)cc1O. The van der Waals surface area contributed by atoms with Crippen molar-refractivity contribution in [1.29, 1.82) is 0 Å². The number of nitrogens with one attached hydrogen (secondary N) is 1. The van der Waals surface area contributed by atoms with Gasteiger partial charge in [-0.1, -0.05) is 6.07 Å². The first-order chi connectivity index (χ1) is 8.58. The van der Waals surface area contributed by atoms with Crippen molar-refractivity contribution < 1.29 is 9.90 Å². The number of anilines is 1. The first-order valence-corrected chi connectivity index (χ1v) is 6.18. The van der Waals surface area contributed by atoms with Crippen LogP contribution in [0.1, 0.15) is 24.9 Å². The third-order valence-corrected chi connectivity index (χ3v) is 3.13. The number of amides is 1. The summed E-state index contributed by atoms with van der Waals surface area (Å²) in [5.41, 5.74) is 7.33. The Morgan fingerprint density at radius 2 is 2.28 bits per heavy atom. The molecular formula is C13H19N3O2. The van der Waals surface area contributed by atoms with Gasteiger partial charge in [0.15, 0.2) is 0 Å². The molecule has 18 heavy (non-hydrogen) atoms. The first kappa shape index (κ1) is 12.7. The van der Waals surface area contributed by atoms with E-state index in [9.17, 15) is 9.90 Å². The third-order valence-electron chi connectivity index (χ3n) is 3.13. The van der Waals surface area contributed by atoms with Crippen LogP contribution in [0.4, 0.5) is 5.69 Å². The minimum Gasteiger partial charge on any atom is -0.508 e. The quantitative estimate of drug-likeness (QED) is 0.722. The number of hydrogen-bond donors (Lipinski definition) is 3. The molecule has 2 rings (SSSR count). The number of nitrogens with zero attached hydrogens (tertiary/aromatic N) is 1. The monoisotopic (exact) mass is 249 g/mol. The van der Waals surface area contributed by atoms with Crippen LogP contribution in [-0.4, -0.2) is 30.6 Å². The fourth-order valence-electron chi connectivity index (χ4n) is 2.14. The van der Waals surface area contributed by atoms with Crippen LogP contribution in [0.15, 0.2) is 18.2 Å². The van der Waals surface area contributed by atoms with E-state index in [1.165, 1.54) is 0 Å². The largest absolute Gasteiger partial charge is 0.508 e. The zero-order valence-electron chi connectivity index (χ0n) is 10.5. The molecule has 0 saturated carbocycles. The van der Waals surface area contributed by atoms with Gasteiger partial charge in [0.25, 0.3) is 0 Å². The van der Waals surface area contributed by atoms with Gasteiger partial charge >= 0.3 is 0 Å². The van der Waals surface area contributed by atoms with Crippen molar-refractivity contribution in [2.45, 2.75) is 19.4 Å². The summed E-state index contributed by atoms with van der Waals surface area (Å²) in [6, 6.07) is 5.19. The Kier molecular flexibility index (Phi) is 3.72. The molecule has 1 atom stereocenters. The van der Waals surface area contributed by atoms with E-state index in [1.54, 1.807) is 6.07 Å². The average Bonchev–Trinajstić information content (AvgIpc) is 2.53. The maximum absolute atomic E-state index is 11.5. The standard InChI is InChI=1S/C13H19N3O2/c1-9(14)11-4-3-10(7-12(11)17)16-6-2-5-15-13(18)8-16/h3-4,7,9,17H,2,5-6,8,14H2,1H3,(H,15,18). The second-order valence-electron chi connectivity index (χ2n) is 4.66. The topological polar surface area (TPSA) is 78.6 Å². The molecule has 0 spiro atoms. The molecule has 1 aliphatic rings. The number of benzene rings is 1. The van der Waals surface area contributed by atoms with Gasteiger partial charge in [0.2, 0.25) is 5.91 Å². The van der Waals surface area contributed by atoms with Crippen molar-refractivity contribution in [2.24, 2.45) is 5.73 Å². The molecule has 0 aliphatic carbocycles. The van der Waals surface area contributed by atoms with Crippen LogP contribution in [0.25, 0.3) is 0 Å². The van der Waals surface area contributed by atoms with Gasteiger partial charge in [-0.2, -0.15) is 0 Å². The van der Waals surface area contributed by atoms with E-state index in [2.05, 4.69) is 5.32 Å². The summed E-state index contributed by atoms with van der Waals surface area (Å²) in [5, 5.41) is 12.7. The number of carbonyl (C=O) groups is 1. The number of rotatable bonds is 2. The molecule has 4 N–H and O–H groups in total. The predicted molar refractivity (Wildman–Crippen MR) is 70.5 cm³/mol. The molecule has 98 valence electrons. The highest BCUT2D eigenvalue weighted by atomic mass is 16.3. The number of carbonyl (C=O) groups excluding carboxylic acids is 1. The number of aromatic hydroxyl groups is 1. The Morgan fingerprint density at radius 3 is 2.94 bits per heavy atom. The Morgan fingerprint density at radius 1 is 1.50 bits per heavy atom. The highest BCUT2D eigenvalue weighted by Crippen LogP contribution is 2.28. The molecule has 0 radical (unpaired) electrons. The van der Waals surface area contributed by atoms with Crippen LogP contribution < -0.4 is 16.0 Å². The molecule has 5 heteroatoms. The van der Waals surface area contributed by atoms with Gasteiger partial charge in [-0.05, 0) is 19.4 Å². The van der Waals surface area contributed by atoms with E-state index in [0.717, 1.165) is 24.2 Å². The highest BCUT2D eigenvalue weighted by molar-refractivity contribution is 5.81. The smallest absolute Gasteiger partial charge is 0.239 e. The van der Waals surface area contributed by atoms with Crippen molar-refractivity contribution in [1.82, 2.24) is 5.32 Å². The average molecular weight is 249 g/mol. The predicted octanol–water partition coefficient (Wildman–Crippen LogP) is 0.738. The van der Waals surface area contributed by atoms with Crippen LogP contribution in [0.2, 0.25) is 0 Å². The van der Waals surface area contributed by atoms with Crippen molar-refractivity contribution in [3.63, 3.8) is 0 Å². The molecule has 1 saturated heterocycles. The molecule has 1 aromatic carbocycles. The number of nitrogens with two attached hydrogens (primary N) is 1. The highest BCUT2D eigenvalue weighted by Gasteiger charge is 2.16. The number of phenolic OH excluding ortho intramolecular Hbond substituents is 1. The van der Waals surface area contributed by atoms with Crippen molar-refractivity contribution in [2.75, 3.05) is 24.5 Å². The fourth-order valence-corrected chi connectivity index (χ4v) is 2.14. The van der Waals surface area contributed by atoms with E-state index >= 15 is 0 Å². The Balaban J connectivity index is 2.22. The summed E-state index contributed by atoms with van der Waals surface area (Å²) in [6.45, 7) is 3.67. The van der Waals surface area contributed by atoms with Gasteiger partial charge in [-0.25, -0.2) is 0 Å². The third kappa shape index (κ3) is 2.73.